The van der Waals surface area contributed by atoms with Crippen LogP contribution in [-0.2, 0) is 4.79 Å². The van der Waals surface area contributed by atoms with Gasteiger partial charge < -0.3 is 30.3 Å². The summed E-state index contributed by atoms with van der Waals surface area (Å²) < 4.78 is 6.79. The summed E-state index contributed by atoms with van der Waals surface area (Å²) in [6, 6.07) is 0. The number of hydrogen-bond donors (Lipinski definition) is 5. The molecular weight excluding hydrogens is 204 g/mol. The van der Waals surface area contributed by atoms with Crippen molar-refractivity contribution in [3.05, 3.63) is 11.8 Å². The van der Waals surface area contributed by atoms with Gasteiger partial charge >= 0.3 is 0 Å². The molecule has 4 atom stereocenters. The molecule has 0 rings (SSSR count). The SMILES string of the molecule is [2H]CCC=C(O)[C@@H](O)[C@@H](O)[C@H](O)[C@@H](O)C=O. The summed E-state index contributed by atoms with van der Waals surface area (Å²) in [6.45, 7) is -0.00755. The van der Waals surface area contributed by atoms with Gasteiger partial charge in [-0.05, 0) is 12.5 Å². The van der Waals surface area contributed by atoms with Gasteiger partial charge in [0.25, 0.3) is 0 Å². The van der Waals surface area contributed by atoms with E-state index in [0.29, 0.717) is 0 Å². The van der Waals surface area contributed by atoms with E-state index in [9.17, 15) is 20.1 Å². The van der Waals surface area contributed by atoms with E-state index in [2.05, 4.69) is 0 Å². The van der Waals surface area contributed by atoms with Crippen molar-refractivity contribution in [3.8, 4) is 0 Å². The second-order valence-electron chi connectivity index (χ2n) is 2.97. The van der Waals surface area contributed by atoms with E-state index < -0.39 is 30.2 Å². The van der Waals surface area contributed by atoms with E-state index in [4.69, 9.17) is 11.6 Å². The second kappa shape index (κ2) is 6.52. The van der Waals surface area contributed by atoms with Gasteiger partial charge in [-0.1, -0.05) is 6.90 Å². The predicted molar refractivity (Wildman–Crippen MR) is 51.1 cm³/mol. The number of carbonyl (C=O) groups excluding carboxylic acids is 1. The van der Waals surface area contributed by atoms with E-state index in [1.165, 1.54) is 0 Å². The van der Waals surface area contributed by atoms with Crippen LogP contribution in [0.3, 0.4) is 0 Å². The summed E-state index contributed by atoms with van der Waals surface area (Å²) in [6.07, 6.45) is -6.14. The molecule has 0 aromatic heterocycles. The molecule has 0 aliphatic heterocycles. The zero-order chi connectivity index (χ0) is 12.7. The van der Waals surface area contributed by atoms with Crippen molar-refractivity contribution >= 4 is 6.29 Å². The third-order valence-corrected chi connectivity index (χ3v) is 1.82. The quantitative estimate of drug-likeness (QED) is 0.274. The molecule has 0 bridgehead atoms. The molecule has 15 heavy (non-hydrogen) atoms. The van der Waals surface area contributed by atoms with E-state index in [1.807, 2.05) is 0 Å². The molecule has 88 valence electrons. The van der Waals surface area contributed by atoms with Gasteiger partial charge in [-0.25, -0.2) is 0 Å². The van der Waals surface area contributed by atoms with Crippen LogP contribution in [-0.4, -0.2) is 56.2 Å². The first kappa shape index (κ1) is 12.1. The van der Waals surface area contributed by atoms with Gasteiger partial charge in [0, 0.05) is 1.37 Å². The van der Waals surface area contributed by atoms with Gasteiger partial charge in [-0.2, -0.15) is 0 Å². The Balaban J connectivity index is 4.47. The maximum absolute atomic E-state index is 10.1. The molecule has 6 nitrogen and oxygen atoms in total. The molecule has 0 aliphatic carbocycles. The number of hydrogen-bond acceptors (Lipinski definition) is 6. The Labute approximate surface area is 88.5 Å². The van der Waals surface area contributed by atoms with E-state index >= 15 is 0 Å². The Morgan fingerprint density at radius 3 is 2.40 bits per heavy atom. The molecule has 0 heterocycles. The van der Waals surface area contributed by atoms with Crippen LogP contribution in [0.4, 0.5) is 0 Å². The molecule has 0 aromatic carbocycles. The van der Waals surface area contributed by atoms with E-state index in [-0.39, 0.29) is 19.6 Å². The summed E-state index contributed by atoms with van der Waals surface area (Å²) in [7, 11) is 0. The molecule has 6 heteroatoms. The highest BCUT2D eigenvalue weighted by Gasteiger charge is 2.31. The van der Waals surface area contributed by atoms with Crippen LogP contribution in [0, 0.1) is 0 Å². The van der Waals surface area contributed by atoms with Crippen molar-refractivity contribution < 1.29 is 31.7 Å². The van der Waals surface area contributed by atoms with Crippen molar-refractivity contribution in [2.75, 3.05) is 0 Å². The highest BCUT2D eigenvalue weighted by Crippen LogP contribution is 2.10. The third kappa shape index (κ3) is 3.96. The van der Waals surface area contributed by atoms with Crippen molar-refractivity contribution in [1.82, 2.24) is 0 Å². The number of aliphatic hydroxyl groups is 5. The topological polar surface area (TPSA) is 118 Å². The van der Waals surface area contributed by atoms with Crippen LogP contribution in [0.25, 0.3) is 0 Å². The first-order valence-corrected chi connectivity index (χ1v) is 4.31. The first-order valence-electron chi connectivity index (χ1n) is 5.02. The molecule has 0 radical (unpaired) electrons. The Morgan fingerprint density at radius 1 is 1.33 bits per heavy atom. The number of carbonyl (C=O) groups is 1. The molecule has 0 fully saturated rings. The number of aldehydes is 1. The van der Waals surface area contributed by atoms with Gasteiger partial charge in [0.15, 0.2) is 6.29 Å². The van der Waals surface area contributed by atoms with Crippen LogP contribution in [0.1, 0.15) is 14.7 Å². The van der Waals surface area contributed by atoms with Crippen LogP contribution in [0.15, 0.2) is 11.8 Å². The number of rotatable bonds is 6. The fourth-order valence-electron chi connectivity index (χ4n) is 0.913. The zero-order valence-corrected chi connectivity index (χ0v) is 8.02. The van der Waals surface area contributed by atoms with Gasteiger partial charge in [0.2, 0.25) is 0 Å². The molecule has 0 amide bonds. The fraction of sp³-hybridized carbons (Fsp3) is 0.667. The van der Waals surface area contributed by atoms with Gasteiger partial charge in [0.05, 0.1) is 0 Å². The van der Waals surface area contributed by atoms with Crippen LogP contribution in [0.2, 0.25) is 0 Å². The van der Waals surface area contributed by atoms with E-state index in [1.54, 1.807) is 0 Å². The lowest BCUT2D eigenvalue weighted by Gasteiger charge is -2.23. The highest BCUT2D eigenvalue weighted by molar-refractivity contribution is 5.56. The summed E-state index contributed by atoms with van der Waals surface area (Å²) in [5, 5.41) is 45.9. The minimum atomic E-state index is -1.89. The predicted octanol–water partition coefficient (Wildman–Crippen LogP) is -1.52. The van der Waals surface area contributed by atoms with Crippen LogP contribution >= 0.6 is 0 Å². The molecular formula is C9H16O6. The number of aliphatic hydroxyl groups excluding tert-OH is 5. The largest absolute Gasteiger partial charge is 0.510 e. The standard InChI is InChI=1S/C9H16O6/c1-2-3-5(11)7(13)9(15)8(14)6(12)4-10/h3-4,6-9,11-15H,2H2,1H3/t6-,7+,8+,9+/m0/s1/i1D. The van der Waals surface area contributed by atoms with Crippen molar-refractivity contribution in [2.24, 2.45) is 0 Å². The van der Waals surface area contributed by atoms with E-state index in [0.717, 1.165) is 6.08 Å². The van der Waals surface area contributed by atoms with Gasteiger partial charge in [0.1, 0.15) is 30.2 Å². The Morgan fingerprint density at radius 2 is 1.93 bits per heavy atom. The maximum atomic E-state index is 10.1. The van der Waals surface area contributed by atoms with Crippen molar-refractivity contribution in [2.45, 2.75) is 37.7 Å². The summed E-state index contributed by atoms with van der Waals surface area (Å²) in [5.74, 6) is -0.614. The lowest BCUT2D eigenvalue weighted by atomic mass is 10.0. The molecule has 0 aromatic rings. The fourth-order valence-corrected chi connectivity index (χ4v) is 0.913. The number of allylic oxidation sites excluding steroid dienone is 1. The molecule has 0 aliphatic rings. The molecule has 0 saturated heterocycles. The summed E-state index contributed by atoms with van der Waals surface area (Å²) >= 11 is 0. The second-order valence-corrected chi connectivity index (χ2v) is 2.97. The third-order valence-electron chi connectivity index (χ3n) is 1.82. The van der Waals surface area contributed by atoms with Gasteiger partial charge in [-0.3, -0.25) is 0 Å². The molecule has 5 N–H and O–H groups in total. The lowest BCUT2D eigenvalue weighted by molar-refractivity contribution is -0.132. The van der Waals surface area contributed by atoms with Crippen LogP contribution < -0.4 is 0 Å². The Bertz CT molecular complexity index is 244. The van der Waals surface area contributed by atoms with Gasteiger partial charge in [-0.15, -0.1) is 0 Å². The summed E-state index contributed by atoms with van der Waals surface area (Å²) in [4.78, 5) is 10.1. The zero-order valence-electron chi connectivity index (χ0n) is 9.02. The Hall–Kier alpha value is -0.950. The lowest BCUT2D eigenvalue weighted by Crippen LogP contribution is -2.45. The average molecular weight is 221 g/mol. The average Bonchev–Trinajstić information content (AvgIpc) is 2.31. The molecule has 0 saturated carbocycles. The minimum absolute atomic E-state index is 0.00513. The minimum Gasteiger partial charge on any atom is -0.510 e. The molecule has 0 unspecified atom stereocenters. The van der Waals surface area contributed by atoms with Crippen molar-refractivity contribution in [1.29, 1.82) is 0 Å². The first-order chi connectivity index (χ1) is 7.45. The Kier molecular flexibility index (Phi) is 5.27. The van der Waals surface area contributed by atoms with Crippen molar-refractivity contribution in [3.63, 3.8) is 0 Å². The maximum Gasteiger partial charge on any atom is 0.151 e. The summed E-state index contributed by atoms with van der Waals surface area (Å²) in [5.41, 5.74) is 0. The normalized spacial score (nSPS) is 21.3. The molecule has 0 spiro atoms. The van der Waals surface area contributed by atoms with Crippen LogP contribution in [0.5, 0.6) is 0 Å². The highest BCUT2D eigenvalue weighted by atomic mass is 16.4. The monoisotopic (exact) mass is 221 g/mol. The smallest absolute Gasteiger partial charge is 0.151 e.